The summed E-state index contributed by atoms with van der Waals surface area (Å²) in [6.07, 6.45) is 0. The first kappa shape index (κ1) is 13.5. The van der Waals surface area contributed by atoms with E-state index in [-0.39, 0.29) is 11.6 Å². The fourth-order valence-electron chi connectivity index (χ4n) is 1.70. The Morgan fingerprint density at radius 2 is 2.11 bits per heavy atom. The monoisotopic (exact) mass is 281 g/mol. The van der Waals surface area contributed by atoms with Gasteiger partial charge >= 0.3 is 0 Å². The highest BCUT2D eigenvalue weighted by molar-refractivity contribution is 6.32. The molecule has 3 nitrogen and oxygen atoms in total. The van der Waals surface area contributed by atoms with Crippen molar-refractivity contribution < 1.29 is 14.2 Å². The summed E-state index contributed by atoms with van der Waals surface area (Å²) < 4.78 is 18.1. The van der Waals surface area contributed by atoms with Gasteiger partial charge in [-0.1, -0.05) is 23.7 Å². The average molecular weight is 282 g/mol. The molecule has 100 valence electrons. The third-order valence-corrected chi connectivity index (χ3v) is 3.01. The van der Waals surface area contributed by atoms with Gasteiger partial charge in [0.1, 0.15) is 17.3 Å². The molecule has 0 radical (unpaired) electrons. The van der Waals surface area contributed by atoms with Crippen molar-refractivity contribution in [2.24, 2.45) is 0 Å². The van der Waals surface area contributed by atoms with Gasteiger partial charge in [0.15, 0.2) is 0 Å². The van der Waals surface area contributed by atoms with Crippen molar-refractivity contribution in [3.05, 3.63) is 52.8 Å². The van der Waals surface area contributed by atoms with Crippen LogP contribution in [0.15, 0.2) is 36.4 Å². The molecule has 0 saturated heterocycles. The molecule has 2 aromatic carbocycles. The van der Waals surface area contributed by atoms with Gasteiger partial charge in [-0.3, -0.25) is 0 Å². The van der Waals surface area contributed by atoms with Gasteiger partial charge in [-0.25, -0.2) is 4.39 Å². The Kier molecular flexibility index (Phi) is 4.12. The standard InChI is InChI=1S/C14H13ClFNO2/c1-19-13-7-10(16)5-6-12(13)17-8-9-3-2-4-11(15)14(9)18/h2-7,17-18H,8H2,1H3. The van der Waals surface area contributed by atoms with Crippen molar-refractivity contribution in [1.82, 2.24) is 0 Å². The third kappa shape index (κ3) is 3.09. The van der Waals surface area contributed by atoms with Gasteiger partial charge in [0.05, 0.1) is 17.8 Å². The van der Waals surface area contributed by atoms with E-state index in [2.05, 4.69) is 5.32 Å². The van der Waals surface area contributed by atoms with Gasteiger partial charge in [0, 0.05) is 18.2 Å². The molecule has 0 saturated carbocycles. The van der Waals surface area contributed by atoms with Gasteiger partial charge in [0.25, 0.3) is 0 Å². The molecule has 0 heterocycles. The fraction of sp³-hybridized carbons (Fsp3) is 0.143. The molecule has 0 aliphatic carbocycles. The Morgan fingerprint density at radius 1 is 1.32 bits per heavy atom. The van der Waals surface area contributed by atoms with E-state index in [4.69, 9.17) is 16.3 Å². The molecule has 2 rings (SSSR count). The number of hydrogen-bond acceptors (Lipinski definition) is 3. The summed E-state index contributed by atoms with van der Waals surface area (Å²) in [7, 11) is 1.47. The summed E-state index contributed by atoms with van der Waals surface area (Å²) in [4.78, 5) is 0. The van der Waals surface area contributed by atoms with Gasteiger partial charge in [-0.15, -0.1) is 0 Å². The maximum Gasteiger partial charge on any atom is 0.144 e. The number of phenolic OH excluding ortho intramolecular Hbond substituents is 1. The number of methoxy groups -OCH3 is 1. The van der Waals surface area contributed by atoms with E-state index in [0.717, 1.165) is 0 Å². The molecule has 0 aliphatic rings. The van der Waals surface area contributed by atoms with Crippen LogP contribution in [0, 0.1) is 5.82 Å². The van der Waals surface area contributed by atoms with Crippen LogP contribution in [0.1, 0.15) is 5.56 Å². The van der Waals surface area contributed by atoms with Crippen LogP contribution in [0.5, 0.6) is 11.5 Å². The number of nitrogens with one attached hydrogen (secondary N) is 1. The lowest BCUT2D eigenvalue weighted by atomic mass is 10.2. The van der Waals surface area contributed by atoms with Crippen molar-refractivity contribution in [3.8, 4) is 11.5 Å². The quantitative estimate of drug-likeness (QED) is 0.895. The van der Waals surface area contributed by atoms with Gasteiger partial charge in [-0.2, -0.15) is 0 Å². The van der Waals surface area contributed by atoms with Gasteiger partial charge < -0.3 is 15.2 Å². The summed E-state index contributed by atoms with van der Waals surface area (Å²) >= 11 is 5.82. The Morgan fingerprint density at radius 3 is 2.84 bits per heavy atom. The normalized spacial score (nSPS) is 10.3. The number of anilines is 1. The second-order valence-corrected chi connectivity index (χ2v) is 4.35. The van der Waals surface area contributed by atoms with Crippen LogP contribution >= 0.6 is 11.6 Å². The molecule has 5 heteroatoms. The van der Waals surface area contributed by atoms with Crippen LogP contribution < -0.4 is 10.1 Å². The SMILES string of the molecule is COc1cc(F)ccc1NCc1cccc(Cl)c1O. The van der Waals surface area contributed by atoms with Gasteiger partial charge in [-0.05, 0) is 18.2 Å². The van der Waals surface area contributed by atoms with E-state index in [9.17, 15) is 9.50 Å². The number of halogens is 2. The van der Waals surface area contributed by atoms with Crippen LogP contribution in [-0.2, 0) is 6.54 Å². The fourth-order valence-corrected chi connectivity index (χ4v) is 1.90. The van der Waals surface area contributed by atoms with Crippen molar-refractivity contribution >= 4 is 17.3 Å². The Labute approximate surface area is 115 Å². The van der Waals surface area contributed by atoms with E-state index in [1.54, 1.807) is 24.3 Å². The summed E-state index contributed by atoms with van der Waals surface area (Å²) in [5.74, 6) is 0.0762. The van der Waals surface area contributed by atoms with Crippen molar-refractivity contribution in [2.45, 2.75) is 6.54 Å². The van der Waals surface area contributed by atoms with E-state index >= 15 is 0 Å². The predicted molar refractivity (Wildman–Crippen MR) is 73.4 cm³/mol. The number of rotatable bonds is 4. The van der Waals surface area contributed by atoms with Crippen LogP contribution in [0.4, 0.5) is 10.1 Å². The van der Waals surface area contributed by atoms with Crippen LogP contribution in [0.25, 0.3) is 0 Å². The molecule has 0 aromatic heterocycles. The van der Waals surface area contributed by atoms with E-state index in [1.165, 1.54) is 19.2 Å². The maximum absolute atomic E-state index is 13.0. The molecule has 19 heavy (non-hydrogen) atoms. The molecule has 2 aromatic rings. The van der Waals surface area contributed by atoms with Crippen molar-refractivity contribution in [1.29, 1.82) is 0 Å². The molecule has 0 amide bonds. The molecule has 0 bridgehead atoms. The lowest BCUT2D eigenvalue weighted by Crippen LogP contribution is -2.02. The molecule has 0 atom stereocenters. The highest BCUT2D eigenvalue weighted by Crippen LogP contribution is 2.29. The zero-order valence-corrected chi connectivity index (χ0v) is 11.0. The molecular weight excluding hydrogens is 269 g/mol. The van der Waals surface area contributed by atoms with Crippen LogP contribution in [0.2, 0.25) is 5.02 Å². The molecular formula is C14H13ClFNO2. The smallest absolute Gasteiger partial charge is 0.144 e. The molecule has 0 unspecified atom stereocenters. The Hall–Kier alpha value is -1.94. The number of para-hydroxylation sites is 1. The predicted octanol–water partition coefficient (Wildman–Crippen LogP) is 3.81. The first-order valence-electron chi connectivity index (χ1n) is 5.65. The van der Waals surface area contributed by atoms with Crippen LogP contribution in [0.3, 0.4) is 0 Å². The molecule has 0 aliphatic heterocycles. The first-order chi connectivity index (χ1) is 9.11. The van der Waals surface area contributed by atoms with E-state index < -0.39 is 0 Å². The minimum atomic E-state index is -0.368. The minimum absolute atomic E-state index is 0.0396. The number of aromatic hydroxyl groups is 1. The average Bonchev–Trinajstić information content (AvgIpc) is 2.41. The molecule has 0 fully saturated rings. The van der Waals surface area contributed by atoms with Crippen molar-refractivity contribution in [3.63, 3.8) is 0 Å². The molecule has 0 spiro atoms. The maximum atomic E-state index is 13.0. The highest BCUT2D eigenvalue weighted by atomic mass is 35.5. The lowest BCUT2D eigenvalue weighted by Gasteiger charge is -2.12. The van der Waals surface area contributed by atoms with E-state index in [0.29, 0.717) is 28.6 Å². The zero-order valence-electron chi connectivity index (χ0n) is 10.3. The summed E-state index contributed by atoms with van der Waals surface area (Å²) in [6.45, 7) is 0.356. The highest BCUT2D eigenvalue weighted by Gasteiger charge is 2.07. The Bertz CT molecular complexity index is 590. The Balaban J connectivity index is 2.17. The summed E-state index contributed by atoms with van der Waals surface area (Å²) in [5, 5.41) is 13.1. The summed E-state index contributed by atoms with van der Waals surface area (Å²) in [6, 6.07) is 9.32. The zero-order chi connectivity index (χ0) is 13.8. The number of phenols is 1. The first-order valence-corrected chi connectivity index (χ1v) is 6.03. The van der Waals surface area contributed by atoms with Crippen LogP contribution in [-0.4, -0.2) is 12.2 Å². The number of benzene rings is 2. The topological polar surface area (TPSA) is 41.5 Å². The molecule has 2 N–H and O–H groups in total. The second kappa shape index (κ2) is 5.80. The minimum Gasteiger partial charge on any atom is -0.506 e. The summed E-state index contributed by atoms with van der Waals surface area (Å²) in [5.41, 5.74) is 1.29. The van der Waals surface area contributed by atoms with E-state index in [1.807, 2.05) is 0 Å². The number of hydrogen-bond donors (Lipinski definition) is 2. The largest absolute Gasteiger partial charge is 0.506 e. The number of ether oxygens (including phenoxy) is 1. The lowest BCUT2D eigenvalue weighted by molar-refractivity contribution is 0.413. The van der Waals surface area contributed by atoms with Crippen molar-refractivity contribution in [2.75, 3.05) is 12.4 Å². The van der Waals surface area contributed by atoms with Gasteiger partial charge in [0.2, 0.25) is 0 Å². The third-order valence-electron chi connectivity index (χ3n) is 2.70. The second-order valence-electron chi connectivity index (χ2n) is 3.95.